The van der Waals surface area contributed by atoms with E-state index in [1.165, 1.54) is 24.4 Å². The summed E-state index contributed by atoms with van der Waals surface area (Å²) in [6, 6.07) is 8.96. The van der Waals surface area contributed by atoms with E-state index in [-0.39, 0.29) is 16.3 Å². The largest absolute Gasteiger partial charge is 0.478 e. The molecule has 8 nitrogen and oxygen atoms in total. The molecule has 0 aliphatic carbocycles. The average molecular weight is 349 g/mol. The Bertz CT molecular complexity index is 823. The van der Waals surface area contributed by atoms with Gasteiger partial charge in [0.1, 0.15) is 5.69 Å². The molecule has 0 heterocycles. The van der Waals surface area contributed by atoms with Gasteiger partial charge in [-0.2, -0.15) is 5.10 Å². The lowest BCUT2D eigenvalue weighted by Crippen LogP contribution is -2.00. The van der Waals surface area contributed by atoms with Crippen LogP contribution in [0.4, 0.5) is 17.1 Å². The maximum Gasteiger partial charge on any atom is 0.337 e. The predicted molar refractivity (Wildman–Crippen MR) is 92.3 cm³/mol. The summed E-state index contributed by atoms with van der Waals surface area (Å²) in [5.74, 6) is -1.15. The second kappa shape index (κ2) is 7.42. The second-order valence-corrected chi connectivity index (χ2v) is 5.06. The highest BCUT2D eigenvalue weighted by Gasteiger charge is 2.12. The van der Waals surface area contributed by atoms with Crippen molar-refractivity contribution in [1.29, 1.82) is 0 Å². The van der Waals surface area contributed by atoms with E-state index in [9.17, 15) is 14.9 Å². The van der Waals surface area contributed by atoms with E-state index in [1.807, 2.05) is 0 Å². The average Bonchev–Trinajstić information content (AvgIpc) is 2.56. The monoisotopic (exact) mass is 348 g/mol. The molecule has 2 aromatic rings. The number of carboxylic acids is 1. The quantitative estimate of drug-likeness (QED) is 0.418. The summed E-state index contributed by atoms with van der Waals surface area (Å²) in [7, 11) is 1.60. The van der Waals surface area contributed by atoms with Crippen molar-refractivity contribution in [3.63, 3.8) is 0 Å². The molecular weight excluding hydrogens is 336 g/mol. The first-order valence-corrected chi connectivity index (χ1v) is 7.08. The fraction of sp³-hybridized carbons (Fsp3) is 0.0667. The zero-order chi connectivity index (χ0) is 17.7. The topological polar surface area (TPSA) is 117 Å². The third kappa shape index (κ3) is 3.99. The number of anilines is 2. The van der Waals surface area contributed by atoms with Crippen LogP contribution in [0.15, 0.2) is 41.5 Å². The lowest BCUT2D eigenvalue weighted by atomic mass is 10.2. The lowest BCUT2D eigenvalue weighted by Gasteiger charge is -2.04. The Labute approximate surface area is 141 Å². The molecule has 0 aromatic heterocycles. The van der Waals surface area contributed by atoms with E-state index in [1.54, 1.807) is 25.2 Å². The Morgan fingerprint density at radius 1 is 1.33 bits per heavy atom. The van der Waals surface area contributed by atoms with E-state index >= 15 is 0 Å². The van der Waals surface area contributed by atoms with E-state index in [0.717, 1.165) is 0 Å². The molecule has 0 spiro atoms. The summed E-state index contributed by atoms with van der Waals surface area (Å²) >= 11 is 5.78. The summed E-state index contributed by atoms with van der Waals surface area (Å²) in [5, 5.41) is 26.8. The van der Waals surface area contributed by atoms with Crippen molar-refractivity contribution >= 4 is 40.8 Å². The molecule has 0 unspecified atom stereocenters. The number of nitro benzene ring substituents is 1. The summed E-state index contributed by atoms with van der Waals surface area (Å²) in [6.45, 7) is 0. The molecule has 0 fully saturated rings. The van der Waals surface area contributed by atoms with Gasteiger partial charge in [-0.25, -0.2) is 4.79 Å². The zero-order valence-corrected chi connectivity index (χ0v) is 13.2. The molecule has 24 heavy (non-hydrogen) atoms. The smallest absolute Gasteiger partial charge is 0.337 e. The normalized spacial score (nSPS) is 10.6. The van der Waals surface area contributed by atoms with Crippen LogP contribution in [-0.2, 0) is 0 Å². The SMILES string of the molecule is CNc1ccc(/C=N/Nc2ccc(Cl)c(C(=O)O)c2)cc1[N+](=O)[O-]. The van der Waals surface area contributed by atoms with Crippen LogP contribution in [-0.4, -0.2) is 29.3 Å². The number of halogens is 1. The van der Waals surface area contributed by atoms with Crippen molar-refractivity contribution in [2.45, 2.75) is 0 Å². The van der Waals surface area contributed by atoms with Gasteiger partial charge in [-0.1, -0.05) is 17.7 Å². The van der Waals surface area contributed by atoms with Crippen LogP contribution >= 0.6 is 11.6 Å². The maximum atomic E-state index is 11.0. The van der Waals surface area contributed by atoms with Gasteiger partial charge < -0.3 is 10.4 Å². The van der Waals surface area contributed by atoms with Gasteiger partial charge >= 0.3 is 5.97 Å². The van der Waals surface area contributed by atoms with Gasteiger partial charge in [-0.3, -0.25) is 15.5 Å². The Balaban J connectivity index is 2.18. The number of benzene rings is 2. The van der Waals surface area contributed by atoms with Gasteiger partial charge in [0.05, 0.1) is 27.4 Å². The minimum atomic E-state index is -1.15. The van der Waals surface area contributed by atoms with Crippen LogP contribution in [0.2, 0.25) is 5.02 Å². The molecule has 2 aromatic carbocycles. The van der Waals surface area contributed by atoms with Crippen LogP contribution in [0, 0.1) is 10.1 Å². The second-order valence-electron chi connectivity index (χ2n) is 4.65. The fourth-order valence-corrected chi connectivity index (χ4v) is 2.13. The zero-order valence-electron chi connectivity index (χ0n) is 12.5. The minimum absolute atomic E-state index is 0.0501. The Morgan fingerprint density at radius 3 is 2.71 bits per heavy atom. The number of rotatable bonds is 6. The molecule has 0 aliphatic heterocycles. The summed E-state index contributed by atoms with van der Waals surface area (Å²) in [6.07, 6.45) is 1.39. The van der Waals surface area contributed by atoms with Crippen molar-refractivity contribution in [2.75, 3.05) is 17.8 Å². The standard InChI is InChI=1S/C15H13ClN4O4/c1-17-13-5-2-9(6-14(13)20(23)24)8-18-19-10-3-4-12(16)11(7-10)15(21)22/h2-8,17,19H,1H3,(H,21,22)/b18-8+. The number of nitrogens with one attached hydrogen (secondary N) is 2. The first-order valence-electron chi connectivity index (χ1n) is 6.70. The van der Waals surface area contributed by atoms with Gasteiger partial charge in [0.25, 0.3) is 5.69 Å². The van der Waals surface area contributed by atoms with Crippen molar-refractivity contribution < 1.29 is 14.8 Å². The Morgan fingerprint density at radius 2 is 2.08 bits per heavy atom. The van der Waals surface area contributed by atoms with Crippen LogP contribution in [0.5, 0.6) is 0 Å². The third-order valence-electron chi connectivity index (χ3n) is 3.09. The maximum absolute atomic E-state index is 11.0. The van der Waals surface area contributed by atoms with Crippen molar-refractivity contribution in [2.24, 2.45) is 5.10 Å². The minimum Gasteiger partial charge on any atom is -0.478 e. The predicted octanol–water partition coefficient (Wildman–Crippen LogP) is 3.43. The third-order valence-corrected chi connectivity index (χ3v) is 3.42. The molecule has 2 rings (SSSR count). The molecule has 0 saturated heterocycles. The summed E-state index contributed by atoms with van der Waals surface area (Å²) in [4.78, 5) is 21.5. The van der Waals surface area contributed by atoms with E-state index in [4.69, 9.17) is 16.7 Å². The molecular formula is C15H13ClN4O4. The molecule has 9 heteroatoms. The van der Waals surface area contributed by atoms with E-state index in [0.29, 0.717) is 16.9 Å². The number of nitrogens with zero attached hydrogens (tertiary/aromatic N) is 2. The first-order chi connectivity index (χ1) is 11.4. The first kappa shape index (κ1) is 17.2. The molecule has 0 atom stereocenters. The van der Waals surface area contributed by atoms with Gasteiger partial charge in [-0.05, 0) is 24.3 Å². The highest BCUT2D eigenvalue weighted by molar-refractivity contribution is 6.33. The fourth-order valence-electron chi connectivity index (χ4n) is 1.93. The highest BCUT2D eigenvalue weighted by Crippen LogP contribution is 2.24. The number of hydrazone groups is 1. The molecule has 0 saturated carbocycles. The summed E-state index contributed by atoms with van der Waals surface area (Å²) in [5.41, 5.74) is 3.87. The van der Waals surface area contributed by atoms with Crippen LogP contribution in [0.1, 0.15) is 15.9 Å². The van der Waals surface area contributed by atoms with E-state index in [2.05, 4.69) is 15.8 Å². The molecule has 0 aliphatic rings. The molecule has 0 radical (unpaired) electrons. The van der Waals surface area contributed by atoms with E-state index < -0.39 is 10.9 Å². The van der Waals surface area contributed by atoms with Crippen LogP contribution < -0.4 is 10.7 Å². The molecule has 0 bridgehead atoms. The van der Waals surface area contributed by atoms with Crippen molar-refractivity contribution in [3.05, 3.63) is 62.7 Å². The number of hydrogen-bond acceptors (Lipinski definition) is 6. The van der Waals surface area contributed by atoms with Gasteiger partial charge in [0.2, 0.25) is 0 Å². The van der Waals surface area contributed by atoms with Gasteiger partial charge in [0, 0.05) is 18.7 Å². The Hall–Kier alpha value is -3.13. The van der Waals surface area contributed by atoms with Crippen molar-refractivity contribution in [1.82, 2.24) is 0 Å². The Kier molecular flexibility index (Phi) is 5.33. The van der Waals surface area contributed by atoms with Gasteiger partial charge in [0.15, 0.2) is 0 Å². The van der Waals surface area contributed by atoms with Crippen LogP contribution in [0.25, 0.3) is 0 Å². The molecule has 0 amide bonds. The van der Waals surface area contributed by atoms with Crippen LogP contribution in [0.3, 0.4) is 0 Å². The number of carbonyl (C=O) groups is 1. The number of hydrogen-bond donors (Lipinski definition) is 3. The summed E-state index contributed by atoms with van der Waals surface area (Å²) < 4.78 is 0. The number of carboxylic acid groups (broad SMARTS) is 1. The molecule has 124 valence electrons. The number of nitro groups is 1. The molecule has 3 N–H and O–H groups in total. The lowest BCUT2D eigenvalue weighted by molar-refractivity contribution is -0.383. The van der Waals surface area contributed by atoms with Gasteiger partial charge in [-0.15, -0.1) is 0 Å². The highest BCUT2D eigenvalue weighted by atomic mass is 35.5. The van der Waals surface area contributed by atoms with Crippen molar-refractivity contribution in [3.8, 4) is 0 Å². The number of aromatic carboxylic acids is 1.